The topological polar surface area (TPSA) is 60.2 Å². The summed E-state index contributed by atoms with van der Waals surface area (Å²) >= 11 is 0. The first-order valence-corrected chi connectivity index (χ1v) is 8.49. The summed E-state index contributed by atoms with van der Waals surface area (Å²) in [6.07, 6.45) is 4.02. The van der Waals surface area contributed by atoms with Crippen molar-refractivity contribution in [1.29, 1.82) is 0 Å². The van der Waals surface area contributed by atoms with Gasteiger partial charge >= 0.3 is 12.2 Å². The van der Waals surface area contributed by atoms with Crippen molar-refractivity contribution in [2.24, 2.45) is 0 Å². The van der Waals surface area contributed by atoms with Crippen LogP contribution in [0.4, 0.5) is 23.7 Å². The Morgan fingerprint density at radius 1 is 1.21 bits per heavy atom. The first-order valence-electron chi connectivity index (χ1n) is 8.49. The van der Waals surface area contributed by atoms with Crippen molar-refractivity contribution in [1.82, 2.24) is 15.2 Å². The number of halogens is 3. The van der Waals surface area contributed by atoms with Crippen LogP contribution in [0, 0.1) is 0 Å². The van der Waals surface area contributed by atoms with Gasteiger partial charge in [0, 0.05) is 47.4 Å². The monoisotopic (exact) mass is 388 g/mol. The van der Waals surface area contributed by atoms with Crippen molar-refractivity contribution in [2.75, 3.05) is 12.4 Å². The van der Waals surface area contributed by atoms with Crippen LogP contribution in [0.3, 0.4) is 0 Å². The summed E-state index contributed by atoms with van der Waals surface area (Å²) in [6.45, 7) is 1.72. The maximum Gasteiger partial charge on any atom is 0.417 e. The van der Waals surface area contributed by atoms with Crippen LogP contribution in [0.15, 0.2) is 77.9 Å². The first kappa shape index (κ1) is 19.3. The van der Waals surface area contributed by atoms with Crippen LogP contribution in [0.25, 0.3) is 10.9 Å². The van der Waals surface area contributed by atoms with Gasteiger partial charge in [0.15, 0.2) is 0 Å². The van der Waals surface area contributed by atoms with E-state index in [0.717, 1.165) is 23.2 Å². The summed E-state index contributed by atoms with van der Waals surface area (Å²) in [5, 5.41) is 6.39. The van der Waals surface area contributed by atoms with E-state index in [0.29, 0.717) is 17.1 Å². The number of anilines is 1. The van der Waals surface area contributed by atoms with E-state index in [4.69, 9.17) is 0 Å². The van der Waals surface area contributed by atoms with Gasteiger partial charge in [0.05, 0.1) is 5.57 Å². The maximum atomic E-state index is 12.8. The summed E-state index contributed by atoms with van der Waals surface area (Å²) in [5.41, 5.74) is 1.81. The molecule has 1 aliphatic rings. The SMILES string of the molecule is C/C=C(\C=C1\C=CC(C(F)(F)F)=CN1C)NC(=O)Nc1ccc2[nH]ccc2c1. The number of alkyl halides is 3. The lowest BCUT2D eigenvalue weighted by molar-refractivity contribution is -0.0892. The van der Waals surface area contributed by atoms with Gasteiger partial charge in [0.2, 0.25) is 0 Å². The maximum absolute atomic E-state index is 12.8. The number of carbonyl (C=O) groups excluding carboxylic acids is 1. The standard InChI is InChI=1S/C20H19F3N4O/c1-3-15(11-17-6-4-14(12-27(17)2)20(21,22)23)25-19(28)26-16-5-7-18-13(10-16)8-9-24-18/h3-12,24H,1-2H3,(H2,25,26,28)/b15-3+,17-11-. The second kappa shape index (κ2) is 7.67. The van der Waals surface area contributed by atoms with Gasteiger partial charge in [-0.25, -0.2) is 4.79 Å². The Kier molecular flexibility index (Phi) is 5.30. The lowest BCUT2D eigenvalue weighted by Crippen LogP contribution is -2.28. The zero-order valence-corrected chi connectivity index (χ0v) is 15.3. The van der Waals surface area contributed by atoms with Crippen molar-refractivity contribution in [2.45, 2.75) is 13.1 Å². The number of urea groups is 1. The summed E-state index contributed by atoms with van der Waals surface area (Å²) in [5.74, 6) is 0. The number of rotatable bonds is 3. The van der Waals surface area contributed by atoms with Gasteiger partial charge in [-0.2, -0.15) is 13.2 Å². The molecule has 0 bridgehead atoms. The molecule has 5 nitrogen and oxygen atoms in total. The summed E-state index contributed by atoms with van der Waals surface area (Å²) in [7, 11) is 1.51. The van der Waals surface area contributed by atoms with Gasteiger partial charge < -0.3 is 20.5 Å². The number of H-pyrrole nitrogens is 1. The highest BCUT2D eigenvalue weighted by Crippen LogP contribution is 2.30. The summed E-state index contributed by atoms with van der Waals surface area (Å²) < 4.78 is 38.3. The highest BCUT2D eigenvalue weighted by atomic mass is 19.4. The van der Waals surface area contributed by atoms with Crippen LogP contribution >= 0.6 is 0 Å². The van der Waals surface area contributed by atoms with E-state index in [1.54, 1.807) is 25.1 Å². The number of benzene rings is 1. The minimum absolute atomic E-state index is 0.450. The molecular weight excluding hydrogens is 369 g/mol. The molecule has 2 amide bonds. The Labute approximate surface area is 159 Å². The van der Waals surface area contributed by atoms with E-state index in [9.17, 15) is 18.0 Å². The number of likely N-dealkylation sites (N-methyl/N-ethyl adjacent to an activating group) is 1. The fraction of sp³-hybridized carbons (Fsp3) is 0.150. The van der Waals surface area contributed by atoms with E-state index in [2.05, 4.69) is 15.6 Å². The number of nitrogens with zero attached hydrogens (tertiary/aromatic N) is 1. The molecule has 0 spiro atoms. The molecule has 0 saturated heterocycles. The molecule has 1 aromatic heterocycles. The van der Waals surface area contributed by atoms with Gasteiger partial charge in [0.25, 0.3) is 0 Å². The molecule has 1 aliphatic heterocycles. The zero-order chi connectivity index (χ0) is 20.3. The predicted molar refractivity (Wildman–Crippen MR) is 103 cm³/mol. The van der Waals surface area contributed by atoms with E-state index in [1.807, 2.05) is 24.4 Å². The van der Waals surface area contributed by atoms with Crippen molar-refractivity contribution in [3.8, 4) is 0 Å². The molecule has 8 heteroatoms. The fourth-order valence-corrected chi connectivity index (χ4v) is 2.71. The highest BCUT2D eigenvalue weighted by Gasteiger charge is 2.33. The Bertz CT molecular complexity index is 1010. The second-order valence-corrected chi connectivity index (χ2v) is 6.20. The number of aromatic nitrogens is 1. The molecule has 0 radical (unpaired) electrons. The smallest absolute Gasteiger partial charge is 0.361 e. The lowest BCUT2D eigenvalue weighted by atomic mass is 10.1. The molecule has 1 aromatic carbocycles. The zero-order valence-electron chi connectivity index (χ0n) is 15.3. The van der Waals surface area contributed by atoms with Crippen LogP contribution in [-0.2, 0) is 0 Å². The molecule has 0 aliphatic carbocycles. The normalized spacial score (nSPS) is 16.5. The van der Waals surface area contributed by atoms with Gasteiger partial charge in [-0.15, -0.1) is 0 Å². The molecular formula is C20H19F3N4O. The van der Waals surface area contributed by atoms with Gasteiger partial charge in [-0.3, -0.25) is 0 Å². The molecule has 0 fully saturated rings. The molecule has 2 heterocycles. The molecule has 3 rings (SSSR count). The average Bonchev–Trinajstić information content (AvgIpc) is 3.09. The number of nitrogens with one attached hydrogen (secondary N) is 3. The van der Waals surface area contributed by atoms with E-state index in [-0.39, 0.29) is 0 Å². The largest absolute Gasteiger partial charge is 0.417 e. The number of carbonyl (C=O) groups is 1. The fourth-order valence-electron chi connectivity index (χ4n) is 2.71. The molecule has 3 N–H and O–H groups in total. The lowest BCUT2D eigenvalue weighted by Gasteiger charge is -2.23. The summed E-state index contributed by atoms with van der Waals surface area (Å²) in [6, 6.07) is 6.91. The number of aromatic amines is 1. The number of hydrogen-bond donors (Lipinski definition) is 3. The third-order valence-corrected chi connectivity index (χ3v) is 4.18. The molecule has 146 valence electrons. The van der Waals surface area contributed by atoms with Crippen molar-refractivity contribution in [3.63, 3.8) is 0 Å². The van der Waals surface area contributed by atoms with Crippen LogP contribution in [0.2, 0.25) is 0 Å². The summed E-state index contributed by atoms with van der Waals surface area (Å²) in [4.78, 5) is 16.7. The van der Waals surface area contributed by atoms with Gasteiger partial charge in [-0.05, 0) is 49.4 Å². The molecule has 28 heavy (non-hydrogen) atoms. The number of allylic oxidation sites excluding steroid dienone is 5. The van der Waals surface area contributed by atoms with Gasteiger partial charge in [-0.1, -0.05) is 6.08 Å². The van der Waals surface area contributed by atoms with Crippen molar-refractivity contribution >= 4 is 22.6 Å². The average molecular weight is 388 g/mol. The quantitative estimate of drug-likeness (QED) is 0.691. The Hall–Kier alpha value is -3.42. The van der Waals surface area contributed by atoms with Crippen LogP contribution < -0.4 is 10.6 Å². The third kappa shape index (κ3) is 4.46. The molecule has 0 unspecified atom stereocenters. The first-order chi connectivity index (χ1) is 13.3. The Morgan fingerprint density at radius 2 is 2.00 bits per heavy atom. The van der Waals surface area contributed by atoms with E-state index >= 15 is 0 Å². The number of amides is 2. The van der Waals surface area contributed by atoms with E-state index < -0.39 is 17.8 Å². The van der Waals surface area contributed by atoms with Crippen LogP contribution in [0.5, 0.6) is 0 Å². The molecule has 2 aromatic rings. The molecule has 0 saturated carbocycles. The highest BCUT2D eigenvalue weighted by molar-refractivity contribution is 5.93. The number of fused-ring (bicyclic) bond motifs is 1. The Balaban J connectivity index is 1.67. The minimum Gasteiger partial charge on any atom is -0.361 e. The molecule has 0 atom stereocenters. The van der Waals surface area contributed by atoms with Crippen LogP contribution in [0.1, 0.15) is 6.92 Å². The van der Waals surface area contributed by atoms with E-state index in [1.165, 1.54) is 18.0 Å². The van der Waals surface area contributed by atoms with Crippen LogP contribution in [-0.4, -0.2) is 29.1 Å². The predicted octanol–water partition coefficient (Wildman–Crippen LogP) is 5.02. The second-order valence-electron chi connectivity index (χ2n) is 6.20. The third-order valence-electron chi connectivity index (χ3n) is 4.18. The van der Waals surface area contributed by atoms with Gasteiger partial charge in [0.1, 0.15) is 0 Å². The van der Waals surface area contributed by atoms with Crippen molar-refractivity contribution in [3.05, 3.63) is 77.9 Å². The Morgan fingerprint density at radius 3 is 2.68 bits per heavy atom. The minimum atomic E-state index is -4.40. The van der Waals surface area contributed by atoms with Crippen molar-refractivity contribution < 1.29 is 18.0 Å². The number of hydrogen-bond acceptors (Lipinski definition) is 2.